The lowest BCUT2D eigenvalue weighted by atomic mass is 9.51. The summed E-state index contributed by atoms with van der Waals surface area (Å²) in [5, 5.41) is 0. The van der Waals surface area contributed by atoms with Gasteiger partial charge in [-0.15, -0.1) is 0 Å². The molecule has 2 aliphatic rings. The van der Waals surface area contributed by atoms with Crippen LogP contribution in [-0.4, -0.2) is 11.6 Å². The Morgan fingerprint density at radius 1 is 0.952 bits per heavy atom. The van der Waals surface area contributed by atoms with E-state index in [1.165, 1.54) is 11.1 Å². The van der Waals surface area contributed by atoms with Crippen LogP contribution in [0.25, 0.3) is 0 Å². The van der Waals surface area contributed by atoms with Crippen molar-refractivity contribution in [3.63, 3.8) is 0 Å². The highest BCUT2D eigenvalue weighted by atomic mass is 16.2. The van der Waals surface area contributed by atoms with Gasteiger partial charge in [-0.2, -0.15) is 0 Å². The van der Waals surface area contributed by atoms with Crippen LogP contribution in [0.5, 0.6) is 0 Å². The van der Waals surface area contributed by atoms with Gasteiger partial charge in [0.2, 0.25) is 0 Å². The summed E-state index contributed by atoms with van der Waals surface area (Å²) in [5.41, 5.74) is 1.48. The number of hydrogen-bond acceptors (Lipinski definition) is 2. The second-order valence-corrected chi connectivity index (χ2v) is 7.44. The molecule has 0 radical (unpaired) electrons. The van der Waals surface area contributed by atoms with Gasteiger partial charge in [0.1, 0.15) is 5.78 Å². The Kier molecular flexibility index (Phi) is 4.55. The molecule has 2 aliphatic carbocycles. The van der Waals surface area contributed by atoms with E-state index < -0.39 is 5.41 Å². The second kappa shape index (κ2) is 5.90. The highest BCUT2D eigenvalue weighted by molar-refractivity contribution is 6.12. The quantitative estimate of drug-likeness (QED) is 0.550. The van der Waals surface area contributed by atoms with E-state index in [0.29, 0.717) is 12.8 Å². The lowest BCUT2D eigenvalue weighted by Gasteiger charge is -2.49. The number of carbonyl (C=O) groups is 2. The third-order valence-electron chi connectivity index (χ3n) is 5.30. The summed E-state index contributed by atoms with van der Waals surface area (Å²) in [6.07, 6.45) is 9.75. The Morgan fingerprint density at radius 3 is 2.19 bits per heavy atom. The number of rotatable bonds is 4. The van der Waals surface area contributed by atoms with E-state index in [0.717, 1.165) is 32.1 Å². The molecule has 21 heavy (non-hydrogen) atoms. The molecule has 2 nitrogen and oxygen atoms in total. The van der Waals surface area contributed by atoms with Gasteiger partial charge in [-0.1, -0.05) is 29.7 Å². The first-order valence-corrected chi connectivity index (χ1v) is 8.17. The van der Waals surface area contributed by atoms with Crippen LogP contribution in [0.3, 0.4) is 0 Å². The maximum atomic E-state index is 13.2. The number of hydrogen-bond donors (Lipinski definition) is 0. The molecule has 116 valence electrons. The molecule has 0 N–H and O–H groups in total. The Balaban J connectivity index is 2.35. The maximum Gasteiger partial charge on any atom is 0.153 e. The van der Waals surface area contributed by atoms with E-state index in [4.69, 9.17) is 0 Å². The van der Waals surface area contributed by atoms with E-state index in [9.17, 15) is 9.59 Å². The number of carbonyl (C=O) groups excluding carboxylic acids is 2. The molecule has 0 aromatic rings. The van der Waals surface area contributed by atoms with Crippen LogP contribution in [0.1, 0.15) is 72.6 Å². The zero-order valence-corrected chi connectivity index (χ0v) is 13.9. The number of ketones is 2. The standard InChI is InChI=1S/C19H28O2/c1-14(2)6-11-18-9-5-10-19(17(18)21,13-7-15(3)4)16(20)8-12-18/h6-7H,5,8-13H2,1-4H3/t18-,19+/m0/s1. The summed E-state index contributed by atoms with van der Waals surface area (Å²) in [6, 6.07) is 0. The molecule has 0 aromatic carbocycles. The Bertz CT molecular complexity index is 504. The summed E-state index contributed by atoms with van der Waals surface area (Å²) in [6.45, 7) is 8.23. The molecule has 2 fully saturated rings. The summed E-state index contributed by atoms with van der Waals surface area (Å²) >= 11 is 0. The fourth-order valence-corrected chi connectivity index (χ4v) is 3.94. The van der Waals surface area contributed by atoms with E-state index in [1.807, 2.05) is 13.8 Å². The monoisotopic (exact) mass is 288 g/mol. The summed E-state index contributed by atoms with van der Waals surface area (Å²) in [7, 11) is 0. The van der Waals surface area contributed by atoms with Crippen LogP contribution in [0, 0.1) is 10.8 Å². The molecular weight excluding hydrogens is 260 g/mol. The predicted molar refractivity (Wildman–Crippen MR) is 86.1 cm³/mol. The van der Waals surface area contributed by atoms with E-state index >= 15 is 0 Å². The smallest absolute Gasteiger partial charge is 0.153 e. The molecule has 0 unspecified atom stereocenters. The van der Waals surface area contributed by atoms with Crippen LogP contribution in [0.15, 0.2) is 23.3 Å². The lowest BCUT2D eigenvalue weighted by molar-refractivity contribution is -0.158. The molecular formula is C19H28O2. The minimum atomic E-state index is -0.705. The van der Waals surface area contributed by atoms with Gasteiger partial charge in [0, 0.05) is 11.8 Å². The minimum Gasteiger partial charge on any atom is -0.299 e. The van der Waals surface area contributed by atoms with Crippen LogP contribution in [0.4, 0.5) is 0 Å². The summed E-state index contributed by atoms with van der Waals surface area (Å²) < 4.78 is 0. The number of allylic oxidation sites excluding steroid dienone is 4. The van der Waals surface area contributed by atoms with Gasteiger partial charge in [-0.3, -0.25) is 9.59 Å². The molecule has 2 atom stereocenters. The van der Waals surface area contributed by atoms with Gasteiger partial charge < -0.3 is 0 Å². The predicted octanol–water partition coefficient (Wildman–Crippen LogP) is 4.79. The molecule has 2 heteroatoms. The van der Waals surface area contributed by atoms with Crippen LogP contribution in [0.2, 0.25) is 0 Å². The number of Topliss-reactive ketones (excluding diaryl/α,β-unsaturated/α-hetero) is 2. The molecule has 0 amide bonds. The van der Waals surface area contributed by atoms with Crippen molar-refractivity contribution in [2.24, 2.45) is 10.8 Å². The van der Waals surface area contributed by atoms with Crippen molar-refractivity contribution in [2.45, 2.75) is 72.6 Å². The third-order valence-corrected chi connectivity index (χ3v) is 5.30. The van der Waals surface area contributed by atoms with Gasteiger partial charge in [-0.25, -0.2) is 0 Å². The second-order valence-electron chi connectivity index (χ2n) is 7.44. The molecule has 0 saturated heterocycles. The fraction of sp³-hybridized carbons (Fsp3) is 0.684. The Hall–Kier alpha value is -1.18. The zero-order valence-electron chi connectivity index (χ0n) is 13.9. The van der Waals surface area contributed by atoms with Crippen LogP contribution in [-0.2, 0) is 9.59 Å². The highest BCUT2D eigenvalue weighted by Gasteiger charge is 2.58. The first-order valence-electron chi connectivity index (χ1n) is 8.17. The van der Waals surface area contributed by atoms with Crippen molar-refractivity contribution in [3.8, 4) is 0 Å². The van der Waals surface area contributed by atoms with Gasteiger partial charge in [0.15, 0.2) is 5.78 Å². The lowest BCUT2D eigenvalue weighted by Crippen LogP contribution is -2.55. The molecule has 0 aliphatic heterocycles. The maximum absolute atomic E-state index is 13.2. The highest BCUT2D eigenvalue weighted by Crippen LogP contribution is 2.54. The summed E-state index contributed by atoms with van der Waals surface area (Å²) in [5.74, 6) is 0.435. The van der Waals surface area contributed by atoms with Crippen molar-refractivity contribution in [3.05, 3.63) is 23.3 Å². The van der Waals surface area contributed by atoms with Crippen molar-refractivity contribution >= 4 is 11.6 Å². The van der Waals surface area contributed by atoms with E-state index in [-0.39, 0.29) is 17.0 Å². The average Bonchev–Trinajstić information content (AvgIpc) is 2.41. The fourth-order valence-electron chi connectivity index (χ4n) is 3.94. The molecule has 0 aromatic heterocycles. The first kappa shape index (κ1) is 16.2. The van der Waals surface area contributed by atoms with Crippen molar-refractivity contribution in [2.75, 3.05) is 0 Å². The SMILES string of the molecule is CC(C)=CC[C@@]12CCC[C@@](CC=C(C)C)(C(=O)CC1)C2=O. The first-order chi connectivity index (χ1) is 9.82. The van der Waals surface area contributed by atoms with Crippen LogP contribution < -0.4 is 0 Å². The zero-order chi connectivity index (χ0) is 15.7. The largest absolute Gasteiger partial charge is 0.299 e. The van der Waals surface area contributed by atoms with E-state index in [2.05, 4.69) is 26.0 Å². The molecule has 0 spiro atoms. The molecule has 2 bridgehead atoms. The third kappa shape index (κ3) is 2.90. The molecule has 2 saturated carbocycles. The minimum absolute atomic E-state index is 0.192. The molecule has 2 rings (SSSR count). The van der Waals surface area contributed by atoms with Gasteiger partial charge in [0.05, 0.1) is 5.41 Å². The van der Waals surface area contributed by atoms with Gasteiger partial charge >= 0.3 is 0 Å². The van der Waals surface area contributed by atoms with E-state index in [1.54, 1.807) is 0 Å². The van der Waals surface area contributed by atoms with Crippen molar-refractivity contribution in [1.29, 1.82) is 0 Å². The van der Waals surface area contributed by atoms with Gasteiger partial charge in [0.25, 0.3) is 0 Å². The topological polar surface area (TPSA) is 34.1 Å². The van der Waals surface area contributed by atoms with Gasteiger partial charge in [-0.05, 0) is 59.8 Å². The van der Waals surface area contributed by atoms with Crippen LogP contribution >= 0.6 is 0 Å². The van der Waals surface area contributed by atoms with Crippen molar-refractivity contribution < 1.29 is 9.59 Å². The molecule has 0 heterocycles. The average molecular weight is 288 g/mol. The number of fused-ring (bicyclic) bond motifs is 2. The Morgan fingerprint density at radius 2 is 1.57 bits per heavy atom. The Labute approximate surface area is 128 Å². The van der Waals surface area contributed by atoms with Crippen molar-refractivity contribution in [1.82, 2.24) is 0 Å². The summed E-state index contributed by atoms with van der Waals surface area (Å²) in [4.78, 5) is 25.8. The normalized spacial score (nSPS) is 31.8.